The van der Waals surface area contributed by atoms with E-state index < -0.39 is 65.8 Å². The lowest BCUT2D eigenvalue weighted by atomic mass is 9.41. The molecule has 0 spiro atoms. The van der Waals surface area contributed by atoms with Crippen LogP contribution in [0.3, 0.4) is 0 Å². The second-order valence-electron chi connectivity index (χ2n) is 15.3. The number of nitrogens with one attached hydrogen (secondary N) is 3. The maximum atomic E-state index is 14.1. The molecule has 3 aliphatic carbocycles. The van der Waals surface area contributed by atoms with Gasteiger partial charge in [-0.05, 0) is 62.3 Å². The van der Waals surface area contributed by atoms with E-state index in [-0.39, 0.29) is 36.3 Å². The van der Waals surface area contributed by atoms with Crippen LogP contribution < -0.4 is 16.0 Å². The lowest BCUT2D eigenvalue weighted by molar-refractivity contribution is -0.317. The molecular formula is C36H52BN5O8. The van der Waals surface area contributed by atoms with E-state index in [0.29, 0.717) is 19.3 Å². The van der Waals surface area contributed by atoms with E-state index in [9.17, 15) is 29.2 Å². The van der Waals surface area contributed by atoms with Crippen molar-refractivity contribution in [2.45, 2.75) is 116 Å². The second-order valence-corrected chi connectivity index (χ2v) is 15.3. The Morgan fingerprint density at radius 2 is 1.52 bits per heavy atom. The third kappa shape index (κ3) is 8.70. The van der Waals surface area contributed by atoms with Crippen molar-refractivity contribution < 1.29 is 38.6 Å². The van der Waals surface area contributed by atoms with Gasteiger partial charge in [-0.2, -0.15) is 0 Å². The molecule has 1 aromatic heterocycles. The van der Waals surface area contributed by atoms with Crippen LogP contribution >= 0.6 is 0 Å². The maximum Gasteiger partial charge on any atom is 0.634 e. The number of aromatic nitrogens is 2. The van der Waals surface area contributed by atoms with Gasteiger partial charge in [-0.15, -0.1) is 0 Å². The summed E-state index contributed by atoms with van der Waals surface area (Å²) in [4.78, 5) is 62.9. The molecule has 2 bridgehead atoms. The smallest absolute Gasteiger partial charge is 0.454 e. The zero-order valence-corrected chi connectivity index (χ0v) is 30.1. The molecule has 50 heavy (non-hydrogen) atoms. The Bertz CT molecular complexity index is 1490. The van der Waals surface area contributed by atoms with Crippen molar-refractivity contribution in [1.82, 2.24) is 25.9 Å². The lowest BCUT2D eigenvalue weighted by Gasteiger charge is -2.70. The Morgan fingerprint density at radius 3 is 2.10 bits per heavy atom. The quantitative estimate of drug-likeness (QED) is 0.129. The molecule has 0 aliphatic heterocycles. The van der Waals surface area contributed by atoms with Crippen LogP contribution in [0, 0.1) is 23.2 Å². The Kier molecular flexibility index (Phi) is 12.4. The third-order valence-corrected chi connectivity index (χ3v) is 10.4. The van der Waals surface area contributed by atoms with Crippen molar-refractivity contribution in [2.24, 2.45) is 23.2 Å². The summed E-state index contributed by atoms with van der Waals surface area (Å²) in [6, 6.07) is 6.01. The lowest BCUT2D eigenvalue weighted by Crippen LogP contribution is -2.78. The zero-order valence-electron chi connectivity index (χ0n) is 30.1. The minimum atomic E-state index is -2.05. The molecular weight excluding hydrogens is 641 g/mol. The van der Waals surface area contributed by atoms with Crippen LogP contribution in [0.1, 0.15) is 96.6 Å². The van der Waals surface area contributed by atoms with Gasteiger partial charge in [0.15, 0.2) is 0 Å². The van der Waals surface area contributed by atoms with Gasteiger partial charge >= 0.3 is 13.3 Å². The van der Waals surface area contributed by atoms with Crippen LogP contribution in [-0.2, 0) is 30.2 Å². The molecule has 3 unspecified atom stereocenters. The third-order valence-electron chi connectivity index (χ3n) is 10.4. The summed E-state index contributed by atoms with van der Waals surface area (Å²) in [5.41, 5.74) is -2.03. The number of carbonyl (C=O) groups is 4. The predicted octanol–water partition coefficient (Wildman–Crippen LogP) is 2.75. The van der Waals surface area contributed by atoms with Crippen LogP contribution in [0.25, 0.3) is 0 Å². The number of nitrogens with zero attached hydrogens (tertiary/aromatic N) is 2. The van der Waals surface area contributed by atoms with E-state index >= 15 is 0 Å². The van der Waals surface area contributed by atoms with E-state index in [1.807, 2.05) is 71.9 Å². The van der Waals surface area contributed by atoms with Gasteiger partial charge < -0.3 is 35.4 Å². The summed E-state index contributed by atoms with van der Waals surface area (Å²) in [5.74, 6) is -2.14. The first-order chi connectivity index (χ1) is 23.5. The Morgan fingerprint density at radius 1 is 0.900 bits per heavy atom. The summed E-state index contributed by atoms with van der Waals surface area (Å²) in [5, 5.41) is 28.0. The van der Waals surface area contributed by atoms with E-state index in [0.717, 1.165) is 12.0 Å². The summed E-state index contributed by atoms with van der Waals surface area (Å²) >= 11 is 0. The van der Waals surface area contributed by atoms with Crippen LogP contribution in [0.4, 0.5) is 0 Å². The number of fused-ring (bicyclic) bond motifs is 2. The standard InChI is InChI=1S/C36H52BN5O8/c1-22(2)17-26(40-32(45)29-21-38-15-16-39-29)30(43)41-27(19-24-11-9-8-10-12-24)31(44)42-28(18-23(3)4)33(46)49-36-20-25(34(36,5)6)13-14-35(36,7)50-37(47)48/h8-12,15-16,21-23,25-28,47-48H,13-14,17-20H2,1-7H3,(H,40,45)(H,41,43)(H,42,44)/t25?,26-,27-,28-,35?,36?/m0/s1. The van der Waals surface area contributed by atoms with Crippen molar-refractivity contribution in [2.75, 3.05) is 0 Å². The van der Waals surface area contributed by atoms with Crippen LogP contribution in [0.15, 0.2) is 48.9 Å². The number of benzene rings is 1. The number of hydrogen-bond acceptors (Lipinski definition) is 10. The highest BCUT2D eigenvalue weighted by Crippen LogP contribution is 2.68. The van der Waals surface area contributed by atoms with E-state index in [4.69, 9.17) is 9.39 Å². The molecule has 0 saturated heterocycles. The van der Waals surface area contributed by atoms with Gasteiger partial charge in [-0.1, -0.05) is 71.9 Å². The van der Waals surface area contributed by atoms with Gasteiger partial charge in [-0.25, -0.2) is 9.78 Å². The molecule has 14 heteroatoms. The number of esters is 1. The zero-order chi connectivity index (χ0) is 36.9. The van der Waals surface area contributed by atoms with Crippen LogP contribution in [0.5, 0.6) is 0 Å². The highest BCUT2D eigenvalue weighted by Gasteiger charge is 2.74. The monoisotopic (exact) mass is 693 g/mol. The fourth-order valence-corrected chi connectivity index (χ4v) is 7.63. The molecule has 3 fully saturated rings. The molecule has 5 rings (SSSR count). The van der Waals surface area contributed by atoms with Gasteiger partial charge in [0.2, 0.25) is 11.8 Å². The number of hydrogen-bond donors (Lipinski definition) is 5. The van der Waals surface area contributed by atoms with Gasteiger partial charge in [0.05, 0.1) is 11.8 Å². The number of ether oxygens (including phenoxy) is 1. The molecule has 1 heterocycles. The van der Waals surface area contributed by atoms with Crippen molar-refractivity contribution in [3.8, 4) is 0 Å². The number of rotatable bonds is 16. The van der Waals surface area contributed by atoms with E-state index in [1.165, 1.54) is 18.6 Å². The van der Waals surface area contributed by atoms with Crippen LogP contribution in [-0.4, -0.2) is 80.4 Å². The number of carbonyl (C=O) groups excluding carboxylic acids is 4. The molecule has 2 aromatic rings. The summed E-state index contributed by atoms with van der Waals surface area (Å²) in [7, 11) is -2.05. The SMILES string of the molecule is CC(C)C[C@H](NC(=O)c1cnccn1)C(=O)N[C@@H](Cc1ccccc1)C(=O)N[C@@H](CC(C)C)C(=O)OC12CC(CCC1(C)OB(O)O)C2(C)C. The highest BCUT2D eigenvalue weighted by atomic mass is 16.7. The predicted molar refractivity (Wildman–Crippen MR) is 186 cm³/mol. The van der Waals surface area contributed by atoms with Crippen molar-refractivity contribution >= 4 is 31.0 Å². The fourth-order valence-electron chi connectivity index (χ4n) is 7.63. The molecule has 272 valence electrons. The molecule has 3 amide bonds. The summed E-state index contributed by atoms with van der Waals surface area (Å²) < 4.78 is 12.0. The molecule has 1 aromatic carbocycles. The molecule has 13 nitrogen and oxygen atoms in total. The Hall–Kier alpha value is -3.88. The largest absolute Gasteiger partial charge is 0.634 e. The molecule has 3 saturated carbocycles. The second kappa shape index (κ2) is 16.0. The average Bonchev–Trinajstić information content (AvgIpc) is 3.04. The topological polar surface area (TPSA) is 189 Å². The molecule has 3 aliphatic rings. The molecule has 0 radical (unpaired) electrons. The van der Waals surface area contributed by atoms with Crippen molar-refractivity contribution in [1.29, 1.82) is 0 Å². The minimum Gasteiger partial charge on any atom is -0.454 e. The first-order valence-electron chi connectivity index (χ1n) is 17.5. The van der Waals surface area contributed by atoms with Gasteiger partial charge in [0.1, 0.15) is 29.4 Å². The van der Waals surface area contributed by atoms with E-state index in [1.54, 1.807) is 6.92 Å². The first-order valence-corrected chi connectivity index (χ1v) is 17.5. The van der Waals surface area contributed by atoms with E-state index in [2.05, 4.69) is 25.9 Å². The Labute approximate surface area is 294 Å². The van der Waals surface area contributed by atoms with Gasteiger partial charge in [0.25, 0.3) is 5.91 Å². The van der Waals surface area contributed by atoms with Crippen molar-refractivity contribution in [3.05, 3.63) is 60.2 Å². The molecule has 5 N–H and O–H groups in total. The van der Waals surface area contributed by atoms with Gasteiger partial charge in [0, 0.05) is 24.2 Å². The van der Waals surface area contributed by atoms with Crippen molar-refractivity contribution in [3.63, 3.8) is 0 Å². The van der Waals surface area contributed by atoms with Crippen LogP contribution in [0.2, 0.25) is 0 Å². The highest BCUT2D eigenvalue weighted by molar-refractivity contribution is 6.32. The average molecular weight is 694 g/mol. The first kappa shape index (κ1) is 38.9. The normalized spacial score (nSPS) is 23.9. The maximum absolute atomic E-state index is 14.1. The fraction of sp³-hybridized carbons (Fsp3) is 0.611. The minimum absolute atomic E-state index is 0.0189. The summed E-state index contributed by atoms with van der Waals surface area (Å²) in [6.45, 7) is 13.4. The molecule has 6 atom stereocenters. The summed E-state index contributed by atoms with van der Waals surface area (Å²) in [6.07, 6.45) is 6.51. The van der Waals surface area contributed by atoms with Gasteiger partial charge in [-0.3, -0.25) is 19.4 Å². The number of amides is 3. The Balaban J connectivity index is 1.58.